The first-order valence-electron chi connectivity index (χ1n) is 5.51. The van der Waals surface area contributed by atoms with Gasteiger partial charge < -0.3 is 10.4 Å². The van der Waals surface area contributed by atoms with E-state index in [2.05, 4.69) is 10.3 Å². The highest BCUT2D eigenvalue weighted by Crippen LogP contribution is 2.37. The normalized spacial score (nSPS) is 27.9. The van der Waals surface area contributed by atoms with Gasteiger partial charge in [-0.2, -0.15) is 0 Å². The van der Waals surface area contributed by atoms with E-state index in [1.54, 1.807) is 11.6 Å². The summed E-state index contributed by atoms with van der Waals surface area (Å²) < 4.78 is 0. The molecule has 1 aromatic heterocycles. The van der Waals surface area contributed by atoms with Crippen LogP contribution in [0.25, 0.3) is 0 Å². The van der Waals surface area contributed by atoms with E-state index in [0.717, 1.165) is 0 Å². The number of aliphatic carboxylic acids is 1. The van der Waals surface area contributed by atoms with Gasteiger partial charge in [-0.15, -0.1) is 11.3 Å². The van der Waals surface area contributed by atoms with Crippen LogP contribution in [0.1, 0.15) is 19.8 Å². The number of nitrogens with zero attached hydrogens (tertiary/aromatic N) is 1. The van der Waals surface area contributed by atoms with Crippen molar-refractivity contribution in [2.45, 2.75) is 19.8 Å². The van der Waals surface area contributed by atoms with Crippen molar-refractivity contribution in [1.29, 1.82) is 0 Å². The number of rotatable bonds is 3. The first kappa shape index (κ1) is 12.0. The van der Waals surface area contributed by atoms with Gasteiger partial charge in [0.25, 0.3) is 0 Å². The van der Waals surface area contributed by atoms with Crippen molar-refractivity contribution in [3.05, 3.63) is 11.6 Å². The number of thiazole rings is 1. The number of nitrogens with one attached hydrogen (secondary N) is 1. The predicted molar refractivity (Wildman–Crippen MR) is 63.8 cm³/mol. The third-order valence-electron chi connectivity index (χ3n) is 3.11. The van der Waals surface area contributed by atoms with E-state index in [0.29, 0.717) is 18.0 Å². The molecule has 6 heteroatoms. The molecule has 0 radical (unpaired) electrons. The molecule has 0 spiro atoms. The summed E-state index contributed by atoms with van der Waals surface area (Å²) in [6.07, 6.45) is 2.81. The summed E-state index contributed by atoms with van der Waals surface area (Å²) in [7, 11) is 0. The lowest BCUT2D eigenvalue weighted by Gasteiger charge is -2.14. The van der Waals surface area contributed by atoms with Gasteiger partial charge in [-0.3, -0.25) is 9.59 Å². The molecule has 2 rings (SSSR count). The number of carbonyl (C=O) groups excluding carboxylic acids is 1. The van der Waals surface area contributed by atoms with Gasteiger partial charge in [-0.05, 0) is 18.8 Å². The van der Waals surface area contributed by atoms with Crippen molar-refractivity contribution >= 4 is 28.3 Å². The zero-order valence-electron chi connectivity index (χ0n) is 9.42. The van der Waals surface area contributed by atoms with Crippen LogP contribution in [-0.4, -0.2) is 22.0 Å². The molecule has 3 atom stereocenters. The molecule has 0 bridgehead atoms. The van der Waals surface area contributed by atoms with Crippen molar-refractivity contribution in [3.63, 3.8) is 0 Å². The summed E-state index contributed by atoms with van der Waals surface area (Å²) >= 11 is 1.33. The summed E-state index contributed by atoms with van der Waals surface area (Å²) in [5.41, 5.74) is 0. The van der Waals surface area contributed by atoms with Crippen molar-refractivity contribution < 1.29 is 14.7 Å². The SMILES string of the molecule is CC1CC(C(=O)O)C(C(=O)Nc2nccs2)C1. The molecule has 1 aliphatic carbocycles. The monoisotopic (exact) mass is 254 g/mol. The summed E-state index contributed by atoms with van der Waals surface area (Å²) in [6.45, 7) is 1.98. The fourth-order valence-electron chi connectivity index (χ4n) is 2.34. The van der Waals surface area contributed by atoms with E-state index in [-0.39, 0.29) is 11.8 Å². The van der Waals surface area contributed by atoms with E-state index < -0.39 is 17.8 Å². The number of amides is 1. The molecular formula is C11H14N2O3S. The lowest BCUT2D eigenvalue weighted by atomic mass is 9.95. The Labute approximate surface area is 103 Å². The van der Waals surface area contributed by atoms with E-state index in [1.807, 2.05) is 6.92 Å². The Morgan fingerprint density at radius 2 is 2.18 bits per heavy atom. The quantitative estimate of drug-likeness (QED) is 0.862. The zero-order chi connectivity index (χ0) is 12.4. The Hall–Kier alpha value is -1.43. The van der Waals surface area contributed by atoms with Gasteiger partial charge in [-0.1, -0.05) is 6.92 Å². The Morgan fingerprint density at radius 3 is 2.76 bits per heavy atom. The van der Waals surface area contributed by atoms with Crippen LogP contribution in [0.4, 0.5) is 5.13 Å². The molecule has 1 fully saturated rings. The van der Waals surface area contributed by atoms with Gasteiger partial charge in [0, 0.05) is 11.6 Å². The molecular weight excluding hydrogens is 240 g/mol. The largest absolute Gasteiger partial charge is 0.481 e. The standard InChI is InChI=1S/C11H14N2O3S/c1-6-4-7(8(5-6)10(15)16)9(14)13-11-12-2-3-17-11/h2-3,6-8H,4-5H2,1H3,(H,15,16)(H,12,13,14). The molecule has 1 heterocycles. The third-order valence-corrected chi connectivity index (χ3v) is 3.80. The van der Waals surface area contributed by atoms with Gasteiger partial charge in [0.2, 0.25) is 5.91 Å². The second-order valence-corrected chi connectivity index (χ2v) is 5.35. The van der Waals surface area contributed by atoms with Crippen molar-refractivity contribution in [2.75, 3.05) is 5.32 Å². The summed E-state index contributed by atoms with van der Waals surface area (Å²) in [5.74, 6) is -1.83. The predicted octanol–water partition coefficient (Wildman–Crippen LogP) is 1.83. The summed E-state index contributed by atoms with van der Waals surface area (Å²) in [4.78, 5) is 27.0. The van der Waals surface area contributed by atoms with Crippen molar-refractivity contribution in [3.8, 4) is 0 Å². The Bertz CT molecular complexity index is 418. The summed E-state index contributed by atoms with van der Waals surface area (Å²) in [5, 5.41) is 14.0. The van der Waals surface area contributed by atoms with E-state index in [4.69, 9.17) is 5.11 Å². The molecule has 1 aromatic rings. The molecule has 1 aliphatic rings. The van der Waals surface area contributed by atoms with Gasteiger partial charge in [0.05, 0.1) is 11.8 Å². The Morgan fingerprint density at radius 1 is 1.47 bits per heavy atom. The fraction of sp³-hybridized carbons (Fsp3) is 0.545. The maximum absolute atomic E-state index is 12.0. The van der Waals surface area contributed by atoms with Gasteiger partial charge in [-0.25, -0.2) is 4.98 Å². The highest BCUT2D eigenvalue weighted by Gasteiger charge is 2.41. The molecule has 1 amide bonds. The van der Waals surface area contributed by atoms with Crippen LogP contribution in [-0.2, 0) is 9.59 Å². The van der Waals surface area contributed by atoms with E-state index >= 15 is 0 Å². The fourth-order valence-corrected chi connectivity index (χ4v) is 2.87. The smallest absolute Gasteiger partial charge is 0.307 e. The molecule has 0 saturated heterocycles. The number of anilines is 1. The van der Waals surface area contributed by atoms with Crippen molar-refractivity contribution in [1.82, 2.24) is 4.98 Å². The molecule has 1 saturated carbocycles. The number of carbonyl (C=O) groups is 2. The third kappa shape index (κ3) is 2.63. The molecule has 92 valence electrons. The Kier molecular flexibility index (Phi) is 3.42. The first-order valence-corrected chi connectivity index (χ1v) is 6.39. The molecule has 5 nitrogen and oxygen atoms in total. The molecule has 0 aromatic carbocycles. The average Bonchev–Trinajstić information content (AvgIpc) is 2.86. The van der Waals surface area contributed by atoms with Crippen LogP contribution >= 0.6 is 11.3 Å². The highest BCUT2D eigenvalue weighted by atomic mass is 32.1. The second-order valence-electron chi connectivity index (χ2n) is 4.45. The van der Waals surface area contributed by atoms with E-state index in [9.17, 15) is 9.59 Å². The van der Waals surface area contributed by atoms with Gasteiger partial charge in [0.15, 0.2) is 5.13 Å². The van der Waals surface area contributed by atoms with Crippen LogP contribution < -0.4 is 5.32 Å². The average molecular weight is 254 g/mol. The van der Waals surface area contributed by atoms with Crippen LogP contribution in [0.15, 0.2) is 11.6 Å². The number of carboxylic acids is 1. The number of hydrogen-bond acceptors (Lipinski definition) is 4. The molecule has 3 unspecified atom stereocenters. The van der Waals surface area contributed by atoms with Crippen LogP contribution in [0.3, 0.4) is 0 Å². The Balaban J connectivity index is 2.05. The topological polar surface area (TPSA) is 79.3 Å². The summed E-state index contributed by atoms with van der Waals surface area (Å²) in [6, 6.07) is 0. The van der Waals surface area contributed by atoms with Crippen LogP contribution in [0.2, 0.25) is 0 Å². The van der Waals surface area contributed by atoms with Gasteiger partial charge in [0.1, 0.15) is 0 Å². The first-order chi connectivity index (χ1) is 8.08. The maximum Gasteiger partial charge on any atom is 0.307 e. The minimum atomic E-state index is -0.881. The molecule has 0 aliphatic heterocycles. The lowest BCUT2D eigenvalue weighted by molar-refractivity contribution is -0.145. The zero-order valence-corrected chi connectivity index (χ0v) is 10.2. The number of hydrogen-bond donors (Lipinski definition) is 2. The number of carboxylic acid groups (broad SMARTS) is 1. The van der Waals surface area contributed by atoms with Crippen LogP contribution in [0.5, 0.6) is 0 Å². The molecule has 2 N–H and O–H groups in total. The number of aromatic nitrogens is 1. The van der Waals surface area contributed by atoms with E-state index in [1.165, 1.54) is 11.3 Å². The minimum absolute atomic E-state index is 0.225. The van der Waals surface area contributed by atoms with Gasteiger partial charge >= 0.3 is 5.97 Å². The minimum Gasteiger partial charge on any atom is -0.481 e. The lowest BCUT2D eigenvalue weighted by Crippen LogP contribution is -2.29. The highest BCUT2D eigenvalue weighted by molar-refractivity contribution is 7.13. The maximum atomic E-state index is 12.0. The van der Waals surface area contributed by atoms with Crippen molar-refractivity contribution in [2.24, 2.45) is 17.8 Å². The van der Waals surface area contributed by atoms with Crippen LogP contribution in [0, 0.1) is 17.8 Å². The second kappa shape index (κ2) is 4.83. The molecule has 17 heavy (non-hydrogen) atoms.